The molecule has 0 amide bonds. The molecular weight excluding hydrogens is 362 g/mol. The van der Waals surface area contributed by atoms with Gasteiger partial charge in [0.1, 0.15) is 5.75 Å². The lowest BCUT2D eigenvalue weighted by atomic mass is 9.69. The molecule has 0 fully saturated rings. The summed E-state index contributed by atoms with van der Waals surface area (Å²) in [6.45, 7) is 6.59. The summed E-state index contributed by atoms with van der Waals surface area (Å²) in [7, 11) is 0. The molecule has 3 aromatic rings. The van der Waals surface area contributed by atoms with Crippen LogP contribution in [-0.2, 0) is 6.42 Å². The lowest BCUT2D eigenvalue weighted by Gasteiger charge is -2.36. The van der Waals surface area contributed by atoms with E-state index in [4.69, 9.17) is 4.98 Å². The highest BCUT2D eigenvalue weighted by atomic mass is 16.4. The van der Waals surface area contributed by atoms with Crippen LogP contribution in [-0.4, -0.2) is 21.2 Å². The van der Waals surface area contributed by atoms with Crippen LogP contribution in [0.4, 0.5) is 0 Å². The highest BCUT2D eigenvalue weighted by Crippen LogP contribution is 2.44. The zero-order valence-corrected chi connectivity index (χ0v) is 16.9. The van der Waals surface area contributed by atoms with E-state index in [0.29, 0.717) is 28.8 Å². The Labute approximate surface area is 170 Å². The van der Waals surface area contributed by atoms with Gasteiger partial charge in [-0.3, -0.25) is 0 Å². The van der Waals surface area contributed by atoms with Crippen LogP contribution >= 0.6 is 0 Å². The monoisotopic (exact) mass is 387 g/mol. The zero-order valence-electron chi connectivity index (χ0n) is 16.9. The third-order valence-corrected chi connectivity index (χ3v) is 5.86. The average Bonchev–Trinajstić information content (AvgIpc) is 2.65. The molecule has 0 saturated heterocycles. The first kappa shape index (κ1) is 19.2. The molecule has 0 radical (unpaired) electrons. The van der Waals surface area contributed by atoms with E-state index in [-0.39, 0.29) is 11.2 Å². The fourth-order valence-corrected chi connectivity index (χ4v) is 4.20. The molecule has 4 heteroatoms. The number of pyridine rings is 1. The van der Waals surface area contributed by atoms with E-state index in [1.807, 2.05) is 42.5 Å². The Morgan fingerprint density at radius 2 is 1.86 bits per heavy atom. The Morgan fingerprint density at radius 3 is 2.55 bits per heavy atom. The minimum absolute atomic E-state index is 0.0248. The van der Waals surface area contributed by atoms with Gasteiger partial charge >= 0.3 is 5.97 Å². The Hall–Kier alpha value is -3.14. The van der Waals surface area contributed by atoms with Crippen LogP contribution in [0.3, 0.4) is 0 Å². The molecule has 0 spiro atoms. The third kappa shape index (κ3) is 3.63. The number of hydrogen-bond donors (Lipinski definition) is 2. The van der Waals surface area contributed by atoms with Crippen molar-refractivity contribution in [2.75, 3.05) is 0 Å². The van der Waals surface area contributed by atoms with Gasteiger partial charge < -0.3 is 10.2 Å². The fraction of sp³-hybridized carbons (Fsp3) is 0.280. The van der Waals surface area contributed by atoms with Crippen LogP contribution in [0.1, 0.15) is 54.4 Å². The predicted molar refractivity (Wildman–Crippen MR) is 116 cm³/mol. The number of allylic oxidation sites excluding steroid dienone is 1. The molecule has 4 nitrogen and oxygen atoms in total. The van der Waals surface area contributed by atoms with Crippen LogP contribution in [0.15, 0.2) is 48.5 Å². The fourth-order valence-electron chi connectivity index (χ4n) is 4.20. The number of fused-ring (bicyclic) bond motifs is 2. The summed E-state index contributed by atoms with van der Waals surface area (Å²) in [5, 5.41) is 20.6. The molecule has 0 aliphatic heterocycles. The molecule has 1 unspecified atom stereocenters. The molecule has 1 atom stereocenters. The minimum Gasteiger partial charge on any atom is -0.508 e. The van der Waals surface area contributed by atoms with Gasteiger partial charge in [0.15, 0.2) is 0 Å². The molecule has 2 aromatic carbocycles. The summed E-state index contributed by atoms with van der Waals surface area (Å²) in [6.07, 6.45) is 3.54. The van der Waals surface area contributed by atoms with Crippen molar-refractivity contribution in [3.8, 4) is 5.75 Å². The number of phenols is 1. The number of rotatable bonds is 2. The van der Waals surface area contributed by atoms with Crippen molar-refractivity contribution < 1.29 is 15.0 Å². The van der Waals surface area contributed by atoms with E-state index in [0.717, 1.165) is 28.8 Å². The van der Waals surface area contributed by atoms with Crippen molar-refractivity contribution in [1.29, 1.82) is 0 Å². The molecule has 2 N–H and O–H groups in total. The second-order valence-electron chi connectivity index (χ2n) is 8.87. The SMILES string of the molecule is CC(C)(C)C1C/C(=C\c2cccc(O)c2)c2nc3ccccc3c(C(=O)O)c2C1. The number of nitrogens with zero attached hydrogens (tertiary/aromatic N) is 1. The number of carboxylic acids is 1. The molecule has 0 saturated carbocycles. The number of hydrogen-bond acceptors (Lipinski definition) is 3. The van der Waals surface area contributed by atoms with Gasteiger partial charge in [-0.25, -0.2) is 9.78 Å². The second-order valence-corrected chi connectivity index (χ2v) is 8.87. The van der Waals surface area contributed by atoms with E-state index < -0.39 is 5.97 Å². The first-order chi connectivity index (χ1) is 13.7. The van der Waals surface area contributed by atoms with Gasteiger partial charge in [-0.1, -0.05) is 51.1 Å². The second kappa shape index (κ2) is 7.03. The first-order valence-electron chi connectivity index (χ1n) is 9.89. The number of carbonyl (C=O) groups is 1. The number of phenolic OH excluding ortho intramolecular Hbond substituents is 1. The van der Waals surface area contributed by atoms with Gasteiger partial charge in [0.25, 0.3) is 0 Å². The molecule has 4 rings (SSSR count). The maximum Gasteiger partial charge on any atom is 0.336 e. The zero-order chi connectivity index (χ0) is 20.8. The van der Waals surface area contributed by atoms with Crippen LogP contribution in [0.5, 0.6) is 5.75 Å². The van der Waals surface area contributed by atoms with Crippen molar-refractivity contribution in [2.45, 2.75) is 33.6 Å². The molecular formula is C25H25NO3. The molecule has 1 heterocycles. The van der Waals surface area contributed by atoms with E-state index in [2.05, 4.69) is 20.8 Å². The van der Waals surface area contributed by atoms with Gasteiger partial charge in [0.2, 0.25) is 0 Å². The molecule has 0 bridgehead atoms. The number of benzene rings is 2. The highest BCUT2D eigenvalue weighted by molar-refractivity contribution is 6.06. The quantitative estimate of drug-likeness (QED) is 0.584. The number of aromatic nitrogens is 1. The Kier molecular flexibility index (Phi) is 4.65. The van der Waals surface area contributed by atoms with Crippen molar-refractivity contribution in [1.82, 2.24) is 4.98 Å². The molecule has 29 heavy (non-hydrogen) atoms. The van der Waals surface area contributed by atoms with Crippen LogP contribution < -0.4 is 0 Å². The standard InChI is InChI=1S/C25H25NO3/c1-25(2,3)17-13-16(11-15-7-6-8-18(27)12-15)23-20(14-17)22(24(28)29)19-9-4-5-10-21(19)26-23/h4-12,17,27H,13-14H2,1-3H3,(H,28,29)/b16-11+. The molecule has 1 aromatic heterocycles. The molecule has 1 aliphatic carbocycles. The number of para-hydroxylation sites is 1. The van der Waals surface area contributed by atoms with Gasteiger partial charge in [-0.15, -0.1) is 0 Å². The average molecular weight is 387 g/mol. The van der Waals surface area contributed by atoms with E-state index in [9.17, 15) is 15.0 Å². The van der Waals surface area contributed by atoms with Crippen LogP contribution in [0.25, 0.3) is 22.6 Å². The summed E-state index contributed by atoms with van der Waals surface area (Å²) >= 11 is 0. The van der Waals surface area contributed by atoms with Crippen molar-refractivity contribution in [3.05, 3.63) is 70.9 Å². The Balaban J connectivity index is 2.00. The Morgan fingerprint density at radius 1 is 1.10 bits per heavy atom. The van der Waals surface area contributed by atoms with E-state index in [1.165, 1.54) is 0 Å². The first-order valence-corrected chi connectivity index (χ1v) is 9.89. The number of carboxylic acid groups (broad SMARTS) is 1. The largest absolute Gasteiger partial charge is 0.508 e. The van der Waals surface area contributed by atoms with E-state index >= 15 is 0 Å². The van der Waals surface area contributed by atoms with Gasteiger partial charge in [-0.2, -0.15) is 0 Å². The van der Waals surface area contributed by atoms with Gasteiger partial charge in [-0.05, 0) is 65.1 Å². The smallest absolute Gasteiger partial charge is 0.336 e. The lowest BCUT2D eigenvalue weighted by Crippen LogP contribution is -2.28. The number of aromatic hydroxyl groups is 1. The van der Waals surface area contributed by atoms with Crippen LogP contribution in [0, 0.1) is 11.3 Å². The summed E-state index contributed by atoms with van der Waals surface area (Å²) in [5.41, 5.74) is 4.56. The van der Waals surface area contributed by atoms with E-state index in [1.54, 1.807) is 12.1 Å². The third-order valence-electron chi connectivity index (χ3n) is 5.86. The maximum atomic E-state index is 12.3. The van der Waals surface area contributed by atoms with Crippen molar-refractivity contribution in [2.24, 2.45) is 11.3 Å². The lowest BCUT2D eigenvalue weighted by molar-refractivity contribution is 0.0696. The topological polar surface area (TPSA) is 70.4 Å². The van der Waals surface area contributed by atoms with Gasteiger partial charge in [0, 0.05) is 5.39 Å². The highest BCUT2D eigenvalue weighted by Gasteiger charge is 2.35. The summed E-state index contributed by atoms with van der Waals surface area (Å²) < 4.78 is 0. The number of aromatic carboxylic acids is 1. The molecule has 1 aliphatic rings. The molecule has 148 valence electrons. The minimum atomic E-state index is -0.911. The Bertz CT molecular complexity index is 1140. The normalized spacial score (nSPS) is 18.0. The summed E-state index contributed by atoms with van der Waals surface area (Å²) in [6, 6.07) is 14.5. The van der Waals surface area contributed by atoms with Crippen molar-refractivity contribution in [3.63, 3.8) is 0 Å². The summed E-state index contributed by atoms with van der Waals surface area (Å²) in [4.78, 5) is 17.2. The summed E-state index contributed by atoms with van der Waals surface area (Å²) in [5.74, 6) is -0.411. The van der Waals surface area contributed by atoms with Crippen LogP contribution in [0.2, 0.25) is 0 Å². The maximum absolute atomic E-state index is 12.3. The van der Waals surface area contributed by atoms with Crippen molar-refractivity contribution >= 4 is 28.5 Å². The predicted octanol–water partition coefficient (Wildman–Crippen LogP) is 5.79. The van der Waals surface area contributed by atoms with Gasteiger partial charge in [0.05, 0.1) is 16.8 Å².